The van der Waals surface area contributed by atoms with Crippen molar-refractivity contribution in [3.63, 3.8) is 0 Å². The van der Waals surface area contributed by atoms with Crippen molar-refractivity contribution in [2.24, 2.45) is 11.3 Å². The molecule has 0 aliphatic heterocycles. The van der Waals surface area contributed by atoms with E-state index in [1.165, 1.54) is 61.2 Å². The van der Waals surface area contributed by atoms with E-state index in [0.29, 0.717) is 5.41 Å². The number of hydrogen-bond acceptors (Lipinski definition) is 1. The summed E-state index contributed by atoms with van der Waals surface area (Å²) in [6.45, 7) is 7.03. The summed E-state index contributed by atoms with van der Waals surface area (Å²) in [4.78, 5) is 1.43. The predicted octanol–water partition coefficient (Wildman–Crippen LogP) is 6.34. The fourth-order valence-corrected chi connectivity index (χ4v) is 4.58. The van der Waals surface area contributed by atoms with Crippen molar-refractivity contribution in [3.8, 4) is 0 Å². The minimum absolute atomic E-state index is 0.675. The van der Waals surface area contributed by atoms with Crippen molar-refractivity contribution < 1.29 is 0 Å². The highest BCUT2D eigenvalue weighted by Crippen LogP contribution is 2.50. The van der Waals surface area contributed by atoms with E-state index in [1.54, 1.807) is 0 Å². The molecule has 1 aliphatic carbocycles. The Labute approximate surface area is 129 Å². The molecule has 0 unspecified atom stereocenters. The SMILES string of the molecule is CCCCSc1ccc(CCC2(CC)CC(C)C2)cc1. The highest BCUT2D eigenvalue weighted by Gasteiger charge is 2.39. The van der Waals surface area contributed by atoms with E-state index in [-0.39, 0.29) is 0 Å². The van der Waals surface area contributed by atoms with Crippen LogP contribution in [0.4, 0.5) is 0 Å². The molecular formula is C19H30S. The van der Waals surface area contributed by atoms with Crippen LogP contribution in [-0.4, -0.2) is 5.75 Å². The van der Waals surface area contributed by atoms with Gasteiger partial charge in [-0.3, -0.25) is 0 Å². The van der Waals surface area contributed by atoms with Crippen molar-refractivity contribution in [2.75, 3.05) is 5.75 Å². The number of aryl methyl sites for hydroxylation is 1. The standard InChI is InChI=1S/C19H30S/c1-4-6-13-20-18-9-7-17(8-10-18)11-12-19(5-2)14-16(3)15-19/h7-10,16H,4-6,11-15H2,1-3H3. The van der Waals surface area contributed by atoms with E-state index in [1.807, 2.05) is 11.8 Å². The van der Waals surface area contributed by atoms with Gasteiger partial charge < -0.3 is 0 Å². The van der Waals surface area contributed by atoms with Crippen molar-refractivity contribution in [3.05, 3.63) is 29.8 Å². The Balaban J connectivity index is 1.79. The largest absolute Gasteiger partial charge is 0.126 e. The number of rotatable bonds is 8. The van der Waals surface area contributed by atoms with E-state index in [0.717, 1.165) is 5.92 Å². The second-order valence-electron chi connectivity index (χ2n) is 6.71. The predicted molar refractivity (Wildman–Crippen MR) is 91.5 cm³/mol. The molecule has 0 bridgehead atoms. The first-order valence-corrected chi connectivity index (χ1v) is 9.38. The summed E-state index contributed by atoms with van der Waals surface area (Å²) in [6, 6.07) is 9.33. The third kappa shape index (κ3) is 4.28. The van der Waals surface area contributed by atoms with Gasteiger partial charge in [-0.05, 0) is 66.9 Å². The molecule has 1 fully saturated rings. The maximum atomic E-state index is 2.40. The second-order valence-corrected chi connectivity index (χ2v) is 7.88. The van der Waals surface area contributed by atoms with Gasteiger partial charge in [-0.15, -0.1) is 11.8 Å². The first-order chi connectivity index (χ1) is 9.67. The zero-order valence-electron chi connectivity index (χ0n) is 13.5. The molecule has 112 valence electrons. The number of hydrogen-bond donors (Lipinski definition) is 0. The molecule has 1 saturated carbocycles. The Hall–Kier alpha value is -0.430. The molecule has 2 rings (SSSR count). The zero-order chi connectivity index (χ0) is 14.4. The summed E-state index contributed by atoms with van der Waals surface area (Å²) < 4.78 is 0. The molecule has 0 N–H and O–H groups in total. The molecular weight excluding hydrogens is 260 g/mol. The van der Waals surface area contributed by atoms with Gasteiger partial charge in [0, 0.05) is 4.90 Å². The lowest BCUT2D eigenvalue weighted by molar-refractivity contribution is 0.0516. The number of thioether (sulfide) groups is 1. The van der Waals surface area contributed by atoms with Crippen LogP contribution in [0.25, 0.3) is 0 Å². The van der Waals surface area contributed by atoms with Gasteiger partial charge in [0.25, 0.3) is 0 Å². The lowest BCUT2D eigenvalue weighted by Crippen LogP contribution is -2.35. The fraction of sp³-hybridized carbons (Fsp3) is 0.684. The van der Waals surface area contributed by atoms with Gasteiger partial charge in [-0.25, -0.2) is 0 Å². The second kappa shape index (κ2) is 7.54. The molecule has 0 amide bonds. The van der Waals surface area contributed by atoms with Crippen molar-refractivity contribution in [1.82, 2.24) is 0 Å². The lowest BCUT2D eigenvalue weighted by Gasteiger charge is -2.46. The van der Waals surface area contributed by atoms with Crippen molar-refractivity contribution in [2.45, 2.75) is 70.6 Å². The average molecular weight is 291 g/mol. The summed E-state index contributed by atoms with van der Waals surface area (Å²) in [5.74, 6) is 2.22. The van der Waals surface area contributed by atoms with Crippen LogP contribution >= 0.6 is 11.8 Å². The minimum Gasteiger partial charge on any atom is -0.126 e. The fourth-order valence-electron chi connectivity index (χ4n) is 3.58. The maximum absolute atomic E-state index is 2.40. The summed E-state index contributed by atoms with van der Waals surface area (Å²) in [5, 5.41) is 0. The highest BCUT2D eigenvalue weighted by atomic mass is 32.2. The number of unbranched alkanes of at least 4 members (excludes halogenated alkanes) is 1. The summed E-state index contributed by atoms with van der Waals surface area (Å²) >= 11 is 2.00. The first-order valence-electron chi connectivity index (χ1n) is 8.39. The Morgan fingerprint density at radius 2 is 1.85 bits per heavy atom. The van der Waals surface area contributed by atoms with Crippen LogP contribution < -0.4 is 0 Å². The topological polar surface area (TPSA) is 0 Å². The Morgan fingerprint density at radius 1 is 1.15 bits per heavy atom. The van der Waals surface area contributed by atoms with Crippen molar-refractivity contribution >= 4 is 11.8 Å². The van der Waals surface area contributed by atoms with Crippen LogP contribution in [-0.2, 0) is 6.42 Å². The molecule has 20 heavy (non-hydrogen) atoms. The molecule has 0 heterocycles. The molecule has 0 spiro atoms. The first kappa shape index (κ1) is 15.9. The van der Waals surface area contributed by atoms with Gasteiger partial charge in [0.2, 0.25) is 0 Å². The number of benzene rings is 1. The monoisotopic (exact) mass is 290 g/mol. The van der Waals surface area contributed by atoms with Gasteiger partial charge >= 0.3 is 0 Å². The van der Waals surface area contributed by atoms with Crippen LogP contribution in [0.3, 0.4) is 0 Å². The average Bonchev–Trinajstić information content (AvgIpc) is 2.44. The Kier molecular flexibility index (Phi) is 6.01. The van der Waals surface area contributed by atoms with Crippen molar-refractivity contribution in [1.29, 1.82) is 0 Å². The Morgan fingerprint density at radius 3 is 2.40 bits per heavy atom. The molecule has 1 heteroatoms. The van der Waals surface area contributed by atoms with Crippen LogP contribution in [0.15, 0.2) is 29.2 Å². The molecule has 0 aromatic heterocycles. The highest BCUT2D eigenvalue weighted by molar-refractivity contribution is 7.99. The zero-order valence-corrected chi connectivity index (χ0v) is 14.3. The molecule has 1 aromatic rings. The summed E-state index contributed by atoms with van der Waals surface area (Å²) in [6.07, 6.45) is 9.54. The minimum atomic E-state index is 0.675. The quantitative estimate of drug-likeness (QED) is 0.398. The van der Waals surface area contributed by atoms with E-state index in [2.05, 4.69) is 45.0 Å². The lowest BCUT2D eigenvalue weighted by atomic mass is 9.59. The third-order valence-corrected chi connectivity index (χ3v) is 6.05. The molecule has 0 radical (unpaired) electrons. The van der Waals surface area contributed by atoms with Gasteiger partial charge in [-0.1, -0.05) is 45.7 Å². The van der Waals surface area contributed by atoms with E-state index in [4.69, 9.17) is 0 Å². The van der Waals surface area contributed by atoms with Crippen LogP contribution in [0.5, 0.6) is 0 Å². The molecule has 1 aliphatic rings. The Bertz CT molecular complexity index is 387. The summed E-state index contributed by atoms with van der Waals surface area (Å²) in [7, 11) is 0. The van der Waals surface area contributed by atoms with Gasteiger partial charge in [0.1, 0.15) is 0 Å². The molecule has 0 atom stereocenters. The van der Waals surface area contributed by atoms with Gasteiger partial charge in [0.15, 0.2) is 0 Å². The van der Waals surface area contributed by atoms with E-state index in [9.17, 15) is 0 Å². The van der Waals surface area contributed by atoms with Gasteiger partial charge in [-0.2, -0.15) is 0 Å². The van der Waals surface area contributed by atoms with E-state index >= 15 is 0 Å². The van der Waals surface area contributed by atoms with Crippen LogP contribution in [0, 0.1) is 11.3 Å². The normalized spacial score (nSPS) is 25.4. The van der Waals surface area contributed by atoms with Crippen LogP contribution in [0.1, 0.15) is 64.9 Å². The smallest absolute Gasteiger partial charge is 0.00721 e. The summed E-state index contributed by atoms with van der Waals surface area (Å²) in [5.41, 5.74) is 2.20. The molecule has 1 aromatic carbocycles. The molecule has 0 saturated heterocycles. The van der Waals surface area contributed by atoms with E-state index < -0.39 is 0 Å². The molecule has 0 nitrogen and oxygen atoms in total. The van der Waals surface area contributed by atoms with Crippen LogP contribution in [0.2, 0.25) is 0 Å². The van der Waals surface area contributed by atoms with Gasteiger partial charge in [0.05, 0.1) is 0 Å². The third-order valence-electron chi connectivity index (χ3n) is 4.95. The maximum Gasteiger partial charge on any atom is 0.00721 e.